The summed E-state index contributed by atoms with van der Waals surface area (Å²) in [6, 6.07) is 10.9. The van der Waals surface area contributed by atoms with Crippen LogP contribution in [0.2, 0.25) is 5.02 Å². The maximum Gasteiger partial charge on any atom is 0.312 e. The van der Waals surface area contributed by atoms with Crippen molar-refractivity contribution in [3.63, 3.8) is 0 Å². The van der Waals surface area contributed by atoms with Gasteiger partial charge in [-0.05, 0) is 41.8 Å². The number of nitro benzene ring substituents is 1. The first-order valence-electron chi connectivity index (χ1n) is 8.34. The largest absolute Gasteiger partial charge is 0.502 e. The number of anilines is 1. The molecular weight excluding hydrogens is 468 g/mol. The normalized spacial score (nSPS) is 11.4. The van der Waals surface area contributed by atoms with Crippen LogP contribution in [0, 0.1) is 10.1 Å². The zero-order valence-electron chi connectivity index (χ0n) is 15.4. The number of aromatic hydroxyl groups is 1. The first-order chi connectivity index (χ1) is 14.7. The standard InChI is InChI=1S/C18H13ClN4O6S2/c19-13-8-12(17(24)15(9-13)23(26)27)10-20-21-18(25)11-3-5-14(6-4-11)22-31(28,29)16-2-1-7-30-16/h1-10,22,24H,(H,21,25)/b20-10+. The Hall–Kier alpha value is -3.48. The zero-order chi connectivity index (χ0) is 22.6. The van der Waals surface area contributed by atoms with Crippen molar-refractivity contribution in [3.8, 4) is 5.75 Å². The van der Waals surface area contributed by atoms with Crippen molar-refractivity contribution >= 4 is 56.5 Å². The molecule has 3 rings (SSSR count). The van der Waals surface area contributed by atoms with E-state index in [0.29, 0.717) is 0 Å². The highest BCUT2D eigenvalue weighted by Gasteiger charge is 2.18. The average molecular weight is 481 g/mol. The highest BCUT2D eigenvalue weighted by atomic mass is 35.5. The van der Waals surface area contributed by atoms with Crippen LogP contribution in [0.25, 0.3) is 0 Å². The number of sulfonamides is 1. The van der Waals surface area contributed by atoms with Crippen molar-refractivity contribution in [2.45, 2.75) is 4.21 Å². The van der Waals surface area contributed by atoms with E-state index in [1.165, 1.54) is 36.4 Å². The molecule has 0 spiro atoms. The summed E-state index contributed by atoms with van der Waals surface area (Å²) < 4.78 is 27.0. The number of hydrazone groups is 1. The van der Waals surface area contributed by atoms with Crippen molar-refractivity contribution in [2.75, 3.05) is 4.72 Å². The van der Waals surface area contributed by atoms with Crippen LogP contribution in [-0.4, -0.2) is 30.6 Å². The van der Waals surface area contributed by atoms with E-state index in [2.05, 4.69) is 15.2 Å². The van der Waals surface area contributed by atoms with Gasteiger partial charge < -0.3 is 5.11 Å². The van der Waals surface area contributed by atoms with Gasteiger partial charge >= 0.3 is 5.69 Å². The Morgan fingerprint density at radius 1 is 1.23 bits per heavy atom. The summed E-state index contributed by atoms with van der Waals surface area (Å²) >= 11 is 6.86. The first-order valence-corrected chi connectivity index (χ1v) is 11.1. The number of phenolic OH excluding ortho intramolecular Hbond substituents is 1. The number of nitrogens with one attached hydrogen (secondary N) is 2. The molecule has 0 saturated heterocycles. The van der Waals surface area contributed by atoms with E-state index in [9.17, 15) is 28.4 Å². The molecule has 0 bridgehead atoms. The minimum atomic E-state index is -3.70. The summed E-state index contributed by atoms with van der Waals surface area (Å²) in [6.45, 7) is 0. The van der Waals surface area contributed by atoms with Crippen LogP contribution in [-0.2, 0) is 10.0 Å². The highest BCUT2D eigenvalue weighted by molar-refractivity contribution is 7.94. The van der Waals surface area contributed by atoms with Crippen molar-refractivity contribution in [1.82, 2.24) is 5.43 Å². The van der Waals surface area contributed by atoms with Gasteiger partial charge in [0, 0.05) is 27.9 Å². The van der Waals surface area contributed by atoms with E-state index >= 15 is 0 Å². The molecule has 3 aromatic rings. The molecule has 13 heteroatoms. The van der Waals surface area contributed by atoms with E-state index in [4.69, 9.17) is 11.6 Å². The number of carbonyl (C=O) groups is 1. The van der Waals surface area contributed by atoms with Crippen LogP contribution < -0.4 is 10.1 Å². The van der Waals surface area contributed by atoms with Crippen LogP contribution in [0.4, 0.5) is 11.4 Å². The highest BCUT2D eigenvalue weighted by Crippen LogP contribution is 2.32. The Morgan fingerprint density at radius 2 is 1.94 bits per heavy atom. The zero-order valence-corrected chi connectivity index (χ0v) is 17.7. The molecule has 0 unspecified atom stereocenters. The number of benzene rings is 2. The number of hydrogen-bond acceptors (Lipinski definition) is 8. The molecule has 0 saturated carbocycles. The van der Waals surface area contributed by atoms with Gasteiger partial charge in [-0.1, -0.05) is 17.7 Å². The number of nitro groups is 1. The summed E-state index contributed by atoms with van der Waals surface area (Å²) in [5.74, 6) is -1.27. The van der Waals surface area contributed by atoms with Gasteiger partial charge in [0.2, 0.25) is 5.75 Å². The minimum Gasteiger partial charge on any atom is -0.502 e. The summed E-state index contributed by atoms with van der Waals surface area (Å²) in [5, 5.41) is 26.1. The molecule has 0 aliphatic rings. The molecule has 31 heavy (non-hydrogen) atoms. The summed E-state index contributed by atoms with van der Waals surface area (Å²) in [4.78, 5) is 22.3. The number of halogens is 1. The van der Waals surface area contributed by atoms with Crippen LogP contribution >= 0.6 is 22.9 Å². The van der Waals surface area contributed by atoms with Gasteiger partial charge in [0.1, 0.15) is 4.21 Å². The van der Waals surface area contributed by atoms with Crippen molar-refractivity contribution < 1.29 is 23.2 Å². The topological polar surface area (TPSA) is 151 Å². The van der Waals surface area contributed by atoms with Gasteiger partial charge in [0.15, 0.2) is 0 Å². The Kier molecular flexibility index (Phi) is 6.53. The van der Waals surface area contributed by atoms with E-state index in [0.717, 1.165) is 23.6 Å². The Balaban J connectivity index is 1.67. The third kappa shape index (κ3) is 5.36. The monoisotopic (exact) mass is 480 g/mol. The van der Waals surface area contributed by atoms with Crippen LogP contribution in [0.1, 0.15) is 15.9 Å². The second-order valence-electron chi connectivity index (χ2n) is 5.93. The molecule has 1 aromatic heterocycles. The van der Waals surface area contributed by atoms with Crippen molar-refractivity contribution in [1.29, 1.82) is 0 Å². The molecule has 0 aliphatic carbocycles. The lowest BCUT2D eigenvalue weighted by Crippen LogP contribution is -2.18. The molecule has 10 nitrogen and oxygen atoms in total. The Labute approximate surface area is 185 Å². The number of nitrogens with zero attached hydrogens (tertiary/aromatic N) is 2. The quantitative estimate of drug-likeness (QED) is 0.267. The number of rotatable bonds is 7. The SMILES string of the molecule is O=C(N/N=C/c1cc(Cl)cc([N+](=O)[O-])c1O)c1ccc(NS(=O)(=O)c2cccs2)cc1. The Bertz CT molecular complexity index is 1260. The van der Waals surface area contributed by atoms with E-state index in [-0.39, 0.29) is 26.0 Å². The fraction of sp³-hybridized carbons (Fsp3) is 0. The maximum absolute atomic E-state index is 12.2. The van der Waals surface area contributed by atoms with E-state index in [1.54, 1.807) is 11.4 Å². The first kappa shape index (κ1) is 22.2. The second kappa shape index (κ2) is 9.12. The lowest BCUT2D eigenvalue weighted by atomic mass is 10.2. The van der Waals surface area contributed by atoms with Gasteiger partial charge in [-0.25, -0.2) is 13.8 Å². The van der Waals surface area contributed by atoms with Crippen LogP contribution in [0.5, 0.6) is 5.75 Å². The average Bonchev–Trinajstić information content (AvgIpc) is 3.26. The fourth-order valence-corrected chi connectivity index (χ4v) is 4.65. The molecule has 0 atom stereocenters. The predicted octanol–water partition coefficient (Wildman–Crippen LogP) is 3.58. The van der Waals surface area contributed by atoms with Crippen molar-refractivity contribution in [2.24, 2.45) is 5.10 Å². The van der Waals surface area contributed by atoms with Crippen LogP contribution in [0.3, 0.4) is 0 Å². The van der Waals surface area contributed by atoms with Gasteiger partial charge in [-0.3, -0.25) is 19.6 Å². The second-order valence-corrected chi connectivity index (χ2v) is 9.23. The van der Waals surface area contributed by atoms with E-state index < -0.39 is 32.3 Å². The summed E-state index contributed by atoms with van der Waals surface area (Å²) in [5.41, 5.74) is 1.99. The summed E-state index contributed by atoms with van der Waals surface area (Å²) in [6.07, 6.45) is 1.01. The molecule has 0 radical (unpaired) electrons. The number of carbonyl (C=O) groups excluding carboxylic acids is 1. The van der Waals surface area contributed by atoms with Crippen LogP contribution in [0.15, 0.2) is 63.2 Å². The number of amides is 1. The smallest absolute Gasteiger partial charge is 0.312 e. The van der Waals surface area contributed by atoms with Gasteiger partial charge in [0.25, 0.3) is 15.9 Å². The predicted molar refractivity (Wildman–Crippen MR) is 116 cm³/mol. The van der Waals surface area contributed by atoms with Crippen molar-refractivity contribution in [3.05, 3.63) is 80.2 Å². The van der Waals surface area contributed by atoms with Gasteiger partial charge in [0.05, 0.1) is 11.1 Å². The fourth-order valence-electron chi connectivity index (χ4n) is 2.38. The lowest BCUT2D eigenvalue weighted by Gasteiger charge is -2.07. The molecule has 0 fully saturated rings. The molecule has 160 valence electrons. The summed E-state index contributed by atoms with van der Waals surface area (Å²) in [7, 11) is -3.70. The van der Waals surface area contributed by atoms with Gasteiger partial charge in [-0.15, -0.1) is 11.3 Å². The molecule has 0 aliphatic heterocycles. The lowest BCUT2D eigenvalue weighted by molar-refractivity contribution is -0.385. The molecule has 1 heterocycles. The number of thiophene rings is 1. The number of phenols is 1. The van der Waals surface area contributed by atoms with Gasteiger partial charge in [-0.2, -0.15) is 5.10 Å². The molecule has 3 N–H and O–H groups in total. The Morgan fingerprint density at radius 3 is 2.55 bits per heavy atom. The number of hydrogen-bond donors (Lipinski definition) is 3. The molecule has 2 aromatic carbocycles. The maximum atomic E-state index is 12.2. The molecule has 1 amide bonds. The van der Waals surface area contributed by atoms with E-state index in [1.807, 2.05) is 0 Å². The minimum absolute atomic E-state index is 0.0119. The third-order valence-electron chi connectivity index (χ3n) is 3.81. The third-order valence-corrected chi connectivity index (χ3v) is 6.81. The molecular formula is C18H13ClN4O6S2.